The van der Waals surface area contributed by atoms with Gasteiger partial charge in [0.05, 0.1) is 11.5 Å². The van der Waals surface area contributed by atoms with Crippen LogP contribution in [0.3, 0.4) is 0 Å². The molecule has 0 atom stereocenters. The van der Waals surface area contributed by atoms with Crippen molar-refractivity contribution in [1.82, 2.24) is 10.6 Å². The molecule has 1 aromatic rings. The van der Waals surface area contributed by atoms with Crippen LogP contribution in [0.15, 0.2) is 54.7 Å². The molecule has 0 aliphatic carbocycles. The van der Waals surface area contributed by atoms with Crippen LogP contribution < -0.4 is 10.6 Å². The summed E-state index contributed by atoms with van der Waals surface area (Å²) in [6.07, 6.45) is 2.61. The summed E-state index contributed by atoms with van der Waals surface area (Å²) in [6.45, 7) is 13.2. The van der Waals surface area contributed by atoms with Crippen LogP contribution in [0.25, 0.3) is 5.70 Å². The smallest absolute Gasteiger partial charge is 0.135 e. The summed E-state index contributed by atoms with van der Waals surface area (Å²) in [4.78, 5) is 0. The van der Waals surface area contributed by atoms with E-state index in [0.717, 1.165) is 22.4 Å². The van der Waals surface area contributed by atoms with Crippen LogP contribution >= 0.6 is 11.6 Å². The lowest BCUT2D eigenvalue weighted by Crippen LogP contribution is -2.22. The molecule has 1 aromatic carbocycles. The molecule has 0 spiro atoms. The highest BCUT2D eigenvalue weighted by molar-refractivity contribution is 6.30. The zero-order valence-electron chi connectivity index (χ0n) is 16.2. The van der Waals surface area contributed by atoms with E-state index in [2.05, 4.69) is 37.6 Å². The van der Waals surface area contributed by atoms with Crippen molar-refractivity contribution in [3.05, 3.63) is 76.4 Å². The third-order valence-electron chi connectivity index (χ3n) is 3.94. The third kappa shape index (κ3) is 6.29. The lowest BCUT2D eigenvalue weighted by Gasteiger charge is -2.21. The van der Waals surface area contributed by atoms with Gasteiger partial charge in [-0.2, -0.15) is 0 Å². The summed E-state index contributed by atoms with van der Waals surface area (Å²) in [7, 11) is 1.80. The molecule has 0 radical (unpaired) electrons. The van der Waals surface area contributed by atoms with E-state index in [1.54, 1.807) is 7.05 Å². The maximum Gasteiger partial charge on any atom is 0.135 e. The highest BCUT2D eigenvalue weighted by Crippen LogP contribution is 2.31. The molecule has 1 rings (SSSR count). The van der Waals surface area contributed by atoms with Gasteiger partial charge in [0, 0.05) is 29.9 Å². The lowest BCUT2D eigenvalue weighted by molar-refractivity contribution is 0.444. The summed E-state index contributed by atoms with van der Waals surface area (Å²) in [5.41, 5.74) is 3.71. The number of halogens is 2. The Hall–Kier alpha value is -2.53. The molecule has 0 aliphatic rings. The second-order valence-electron chi connectivity index (χ2n) is 6.42. The van der Waals surface area contributed by atoms with E-state index in [4.69, 9.17) is 17.0 Å². The molecule has 6 heteroatoms. The number of aliphatic hydroxyl groups excluding tert-OH is 1. The van der Waals surface area contributed by atoms with Crippen molar-refractivity contribution in [2.24, 2.45) is 0 Å². The minimum absolute atomic E-state index is 0.201. The predicted molar refractivity (Wildman–Crippen MR) is 113 cm³/mol. The van der Waals surface area contributed by atoms with Crippen molar-refractivity contribution in [3.63, 3.8) is 0 Å². The molecule has 0 bridgehead atoms. The first kappa shape index (κ1) is 22.5. The van der Waals surface area contributed by atoms with Gasteiger partial charge in [-0.25, -0.2) is 4.39 Å². The summed E-state index contributed by atoms with van der Waals surface area (Å²) in [5, 5.41) is 24.2. The van der Waals surface area contributed by atoms with Gasteiger partial charge in [-0.1, -0.05) is 38.6 Å². The highest BCUT2D eigenvalue weighted by Gasteiger charge is 2.16. The fraction of sp³-hybridized carbons (Fsp3) is 0.286. The van der Waals surface area contributed by atoms with Crippen LogP contribution in [0.1, 0.15) is 43.4 Å². The Balaban J connectivity index is 3.33. The molecule has 0 unspecified atom stereocenters. The van der Waals surface area contributed by atoms with Gasteiger partial charge < -0.3 is 15.7 Å². The maximum absolute atomic E-state index is 13.1. The Morgan fingerprint density at radius 3 is 2.44 bits per heavy atom. The van der Waals surface area contributed by atoms with Crippen molar-refractivity contribution < 1.29 is 9.50 Å². The fourth-order valence-corrected chi connectivity index (χ4v) is 2.90. The third-order valence-corrected chi connectivity index (χ3v) is 4.16. The number of hydrogen-bond donors (Lipinski definition) is 4. The second kappa shape index (κ2) is 9.97. The first-order valence-corrected chi connectivity index (χ1v) is 8.90. The molecular weight excluding hydrogens is 365 g/mol. The number of allylic oxidation sites excluding steroid dienone is 3. The zero-order valence-corrected chi connectivity index (χ0v) is 17.0. The monoisotopic (exact) mass is 391 g/mol. The topological polar surface area (TPSA) is 68.1 Å². The maximum atomic E-state index is 13.1. The van der Waals surface area contributed by atoms with Gasteiger partial charge in [-0.15, -0.1) is 0 Å². The number of hydrogen-bond acceptors (Lipinski definition) is 4. The molecule has 4 nitrogen and oxygen atoms in total. The van der Waals surface area contributed by atoms with E-state index in [1.807, 2.05) is 12.1 Å². The van der Waals surface area contributed by atoms with Gasteiger partial charge >= 0.3 is 0 Å². The van der Waals surface area contributed by atoms with Crippen LogP contribution in [-0.2, 0) is 6.54 Å². The number of benzene rings is 1. The van der Waals surface area contributed by atoms with Gasteiger partial charge in [0.2, 0.25) is 0 Å². The molecule has 0 amide bonds. The second-order valence-corrected chi connectivity index (χ2v) is 6.85. The molecule has 0 saturated heterocycles. The Bertz CT molecular complexity index is 806. The van der Waals surface area contributed by atoms with E-state index < -0.39 is 11.6 Å². The SMILES string of the molecule is C=C(O)C(=N)/C(=C\C=C(/C)F)NCc1cc(Cl)cc(C(=C)NC)c1C(C)C. The van der Waals surface area contributed by atoms with Crippen molar-refractivity contribution in [1.29, 1.82) is 5.41 Å². The summed E-state index contributed by atoms with van der Waals surface area (Å²) < 4.78 is 13.1. The average Bonchev–Trinajstić information content (AvgIpc) is 2.59. The van der Waals surface area contributed by atoms with E-state index in [0.29, 0.717) is 11.6 Å². The molecule has 27 heavy (non-hydrogen) atoms. The van der Waals surface area contributed by atoms with Crippen molar-refractivity contribution >= 4 is 23.0 Å². The Morgan fingerprint density at radius 2 is 1.96 bits per heavy atom. The van der Waals surface area contributed by atoms with Crippen LogP contribution in [0, 0.1) is 5.41 Å². The summed E-state index contributed by atoms with van der Waals surface area (Å²) in [5.74, 6) is -0.617. The molecule has 0 heterocycles. The Labute approximate surface area is 165 Å². The minimum Gasteiger partial charge on any atom is -0.506 e. The largest absolute Gasteiger partial charge is 0.506 e. The summed E-state index contributed by atoms with van der Waals surface area (Å²) >= 11 is 6.29. The molecule has 4 N–H and O–H groups in total. The number of rotatable bonds is 9. The van der Waals surface area contributed by atoms with Gasteiger partial charge in [0.25, 0.3) is 0 Å². The Morgan fingerprint density at radius 1 is 1.33 bits per heavy atom. The normalized spacial score (nSPS) is 12.1. The number of aliphatic hydroxyl groups is 1. The molecule has 0 saturated carbocycles. The number of nitrogens with one attached hydrogen (secondary N) is 3. The average molecular weight is 392 g/mol. The van der Waals surface area contributed by atoms with Gasteiger partial charge in [0.15, 0.2) is 0 Å². The van der Waals surface area contributed by atoms with Gasteiger partial charge in [0.1, 0.15) is 11.5 Å². The highest BCUT2D eigenvalue weighted by atomic mass is 35.5. The first-order chi connectivity index (χ1) is 12.6. The lowest BCUT2D eigenvalue weighted by atomic mass is 9.90. The van der Waals surface area contributed by atoms with Crippen LogP contribution in [0.4, 0.5) is 4.39 Å². The summed E-state index contributed by atoms with van der Waals surface area (Å²) in [6, 6.07) is 3.71. The van der Waals surface area contributed by atoms with Crippen molar-refractivity contribution in [2.75, 3.05) is 7.05 Å². The predicted octanol–water partition coefficient (Wildman–Crippen LogP) is 5.59. The molecule has 0 fully saturated rings. The molecule has 146 valence electrons. The standard InChI is InChI=1S/C21H27ClFN3O/c1-12(2)20-16(9-17(22)10-18(20)14(4)25-6)11-26-19(8-7-13(3)23)21(24)15(5)27/h7-10,12,24-27H,4-5,11H2,1-3,6H3/b13-7+,19-8+,24-21?. The fourth-order valence-electron chi connectivity index (χ4n) is 2.66. The molecule has 0 aliphatic heterocycles. The van der Waals surface area contributed by atoms with E-state index >= 15 is 0 Å². The Kier molecular flexibility index (Phi) is 8.32. The molecular formula is C21H27ClFN3O. The zero-order chi connectivity index (χ0) is 20.7. The van der Waals surface area contributed by atoms with E-state index in [-0.39, 0.29) is 17.3 Å². The van der Waals surface area contributed by atoms with Crippen LogP contribution in [-0.4, -0.2) is 17.9 Å². The van der Waals surface area contributed by atoms with E-state index in [9.17, 15) is 9.50 Å². The van der Waals surface area contributed by atoms with Crippen molar-refractivity contribution in [2.45, 2.75) is 33.2 Å². The van der Waals surface area contributed by atoms with Crippen LogP contribution in [0.2, 0.25) is 5.02 Å². The minimum atomic E-state index is -0.413. The quantitative estimate of drug-likeness (QED) is 0.252. The van der Waals surface area contributed by atoms with Gasteiger partial charge in [-0.05, 0) is 48.3 Å². The van der Waals surface area contributed by atoms with Crippen molar-refractivity contribution in [3.8, 4) is 0 Å². The molecule has 0 aromatic heterocycles. The van der Waals surface area contributed by atoms with Crippen LogP contribution in [0.5, 0.6) is 0 Å². The van der Waals surface area contributed by atoms with E-state index in [1.165, 1.54) is 19.1 Å². The first-order valence-electron chi connectivity index (χ1n) is 8.52. The van der Waals surface area contributed by atoms with Gasteiger partial charge in [-0.3, -0.25) is 5.41 Å².